The minimum absolute atomic E-state index is 0.0136. The third-order valence-electron chi connectivity index (χ3n) is 7.12. The second-order valence-corrected chi connectivity index (χ2v) is 12.1. The molecule has 206 valence electrons. The molecule has 0 spiro atoms. The highest BCUT2D eigenvalue weighted by Gasteiger charge is 2.31. The molecular formula is C28H33N5O5S. The molecule has 2 aliphatic rings. The highest BCUT2D eigenvalue weighted by molar-refractivity contribution is 7.89. The van der Waals surface area contributed by atoms with Crippen molar-refractivity contribution in [2.24, 2.45) is 11.8 Å². The lowest BCUT2D eigenvalue weighted by Crippen LogP contribution is -2.43. The lowest BCUT2D eigenvalue weighted by molar-refractivity contribution is -0.128. The summed E-state index contributed by atoms with van der Waals surface area (Å²) >= 11 is 0. The Bertz CT molecular complexity index is 1390. The maximum Gasteiger partial charge on any atom is 0.239 e. The van der Waals surface area contributed by atoms with Crippen LogP contribution in [0.4, 0.5) is 5.82 Å². The number of nitrogens with zero attached hydrogens (tertiary/aromatic N) is 4. The number of piperidine rings is 1. The van der Waals surface area contributed by atoms with Crippen LogP contribution in [-0.4, -0.2) is 55.5 Å². The van der Waals surface area contributed by atoms with Crippen LogP contribution in [0, 0.1) is 23.2 Å². The average molecular weight is 552 g/mol. The maximum absolute atomic E-state index is 13.0. The van der Waals surface area contributed by atoms with Crippen molar-refractivity contribution in [1.29, 1.82) is 5.26 Å². The van der Waals surface area contributed by atoms with E-state index in [0.29, 0.717) is 61.5 Å². The molecule has 39 heavy (non-hydrogen) atoms. The van der Waals surface area contributed by atoms with Gasteiger partial charge in [0.2, 0.25) is 21.8 Å². The lowest BCUT2D eigenvalue weighted by Gasteiger charge is -2.33. The van der Waals surface area contributed by atoms with Gasteiger partial charge in [0.15, 0.2) is 5.78 Å². The van der Waals surface area contributed by atoms with Crippen LogP contribution in [-0.2, 0) is 31.9 Å². The van der Waals surface area contributed by atoms with Crippen LogP contribution in [0.2, 0.25) is 0 Å². The fourth-order valence-corrected chi connectivity index (χ4v) is 6.16. The lowest BCUT2D eigenvalue weighted by atomic mass is 9.95. The smallest absolute Gasteiger partial charge is 0.239 e. The Labute approximate surface area is 229 Å². The van der Waals surface area contributed by atoms with Gasteiger partial charge in [0.25, 0.3) is 0 Å². The molecule has 0 radical (unpaired) electrons. The zero-order valence-electron chi connectivity index (χ0n) is 22.2. The van der Waals surface area contributed by atoms with Crippen molar-refractivity contribution in [3.8, 4) is 6.07 Å². The second kappa shape index (κ2) is 11.9. The van der Waals surface area contributed by atoms with Gasteiger partial charge in [-0.1, -0.05) is 44.2 Å². The van der Waals surface area contributed by atoms with Crippen molar-refractivity contribution in [1.82, 2.24) is 14.6 Å². The average Bonchev–Trinajstić information content (AvgIpc) is 3.32. The number of aromatic nitrogens is 1. The molecule has 1 aromatic carbocycles. The van der Waals surface area contributed by atoms with E-state index in [4.69, 9.17) is 4.98 Å². The molecule has 11 heteroatoms. The summed E-state index contributed by atoms with van der Waals surface area (Å²) in [6.45, 7) is 5.13. The van der Waals surface area contributed by atoms with Gasteiger partial charge in [-0.15, -0.1) is 0 Å². The molecule has 2 amide bonds. The van der Waals surface area contributed by atoms with E-state index in [2.05, 4.69) is 10.8 Å². The predicted octanol–water partition coefficient (Wildman–Crippen LogP) is 2.78. The van der Waals surface area contributed by atoms with E-state index in [0.717, 1.165) is 6.42 Å². The molecule has 1 N–H and O–H groups in total. The van der Waals surface area contributed by atoms with Gasteiger partial charge in [0.1, 0.15) is 11.9 Å². The summed E-state index contributed by atoms with van der Waals surface area (Å²) in [5.41, 5.74) is 1.66. The van der Waals surface area contributed by atoms with Gasteiger partial charge in [-0.25, -0.2) is 13.4 Å². The van der Waals surface area contributed by atoms with Crippen LogP contribution < -0.4 is 9.62 Å². The number of Topliss-reactive ketones (excluding diaryl/α,β-unsaturated/α-hetero) is 1. The van der Waals surface area contributed by atoms with Crippen molar-refractivity contribution >= 4 is 33.4 Å². The first-order chi connectivity index (χ1) is 18.6. The minimum atomic E-state index is -3.83. The summed E-state index contributed by atoms with van der Waals surface area (Å²) in [6, 6.07) is 12.4. The van der Waals surface area contributed by atoms with Gasteiger partial charge in [-0.3, -0.25) is 19.1 Å². The van der Waals surface area contributed by atoms with E-state index < -0.39 is 21.8 Å². The molecule has 3 heterocycles. The van der Waals surface area contributed by atoms with Crippen LogP contribution in [0.25, 0.3) is 0 Å². The summed E-state index contributed by atoms with van der Waals surface area (Å²) in [6.07, 6.45) is 1.98. The van der Waals surface area contributed by atoms with Gasteiger partial charge in [-0.05, 0) is 30.9 Å². The molecule has 4 rings (SSSR count). The van der Waals surface area contributed by atoms with Crippen LogP contribution >= 0.6 is 0 Å². The monoisotopic (exact) mass is 551 g/mol. The third-order valence-corrected chi connectivity index (χ3v) is 8.35. The molecule has 2 aliphatic heterocycles. The van der Waals surface area contributed by atoms with Gasteiger partial charge < -0.3 is 9.80 Å². The largest absolute Gasteiger partial charge is 0.355 e. The number of carbonyl (C=O) groups excluding carboxylic acids is 3. The number of ketones is 1. The Morgan fingerprint density at radius 1 is 1.15 bits per heavy atom. The Hall–Kier alpha value is -3.78. The Kier molecular flexibility index (Phi) is 8.65. The zero-order chi connectivity index (χ0) is 28.2. The molecule has 0 unspecified atom stereocenters. The van der Waals surface area contributed by atoms with Crippen LogP contribution in [0.3, 0.4) is 0 Å². The van der Waals surface area contributed by atoms with Crippen LogP contribution in [0.1, 0.15) is 66.7 Å². The Balaban J connectivity index is 1.49. The fraction of sp³-hybridized carbons (Fsp3) is 0.464. The second-order valence-electron chi connectivity index (χ2n) is 10.4. The number of hydrogen-bond acceptors (Lipinski definition) is 8. The van der Waals surface area contributed by atoms with E-state index in [1.807, 2.05) is 4.90 Å². The first kappa shape index (κ1) is 28.2. The van der Waals surface area contributed by atoms with Gasteiger partial charge in [0.05, 0.1) is 23.6 Å². The number of rotatable bonds is 9. The zero-order valence-corrected chi connectivity index (χ0v) is 23.0. The molecule has 2 saturated heterocycles. The topological polar surface area (TPSA) is 141 Å². The normalized spacial score (nSPS) is 16.4. The molecule has 0 atom stereocenters. The molecule has 1 aromatic heterocycles. The number of pyridine rings is 1. The molecule has 0 aliphatic carbocycles. The van der Waals surface area contributed by atoms with Crippen molar-refractivity contribution < 1.29 is 22.8 Å². The SMILES string of the molecule is CC(C)C(=O)c1cc(C#N)c(N2CCC(C(=O)NS(=O)(=O)Cc3ccccc3)CC2)nc1CN1CCCC1=O. The first-order valence-electron chi connectivity index (χ1n) is 13.2. The number of hydrogen-bond donors (Lipinski definition) is 1. The molecule has 0 bridgehead atoms. The van der Waals surface area contributed by atoms with E-state index in [-0.39, 0.29) is 35.5 Å². The first-order valence-corrected chi connectivity index (χ1v) is 14.8. The minimum Gasteiger partial charge on any atom is -0.355 e. The van der Waals surface area contributed by atoms with Crippen LogP contribution in [0.15, 0.2) is 36.4 Å². The van der Waals surface area contributed by atoms with Crippen molar-refractivity contribution in [3.05, 3.63) is 58.8 Å². The van der Waals surface area contributed by atoms with E-state index in [9.17, 15) is 28.1 Å². The molecule has 0 saturated carbocycles. The number of likely N-dealkylation sites (tertiary alicyclic amines) is 1. The van der Waals surface area contributed by atoms with E-state index >= 15 is 0 Å². The van der Waals surface area contributed by atoms with Crippen molar-refractivity contribution in [2.75, 3.05) is 24.5 Å². The summed E-state index contributed by atoms with van der Waals surface area (Å²) in [7, 11) is -3.83. The number of sulfonamides is 1. The van der Waals surface area contributed by atoms with Crippen LogP contribution in [0.5, 0.6) is 0 Å². The van der Waals surface area contributed by atoms with E-state index in [1.165, 1.54) is 0 Å². The summed E-state index contributed by atoms with van der Waals surface area (Å²) in [5.74, 6) is -1.33. The van der Waals surface area contributed by atoms with Gasteiger partial charge in [0, 0.05) is 43.5 Å². The molecular weight excluding hydrogens is 518 g/mol. The highest BCUT2D eigenvalue weighted by atomic mass is 32.2. The fourth-order valence-electron chi connectivity index (χ4n) is 4.98. The van der Waals surface area contributed by atoms with Gasteiger partial charge in [-0.2, -0.15) is 5.26 Å². The van der Waals surface area contributed by atoms with E-state index in [1.54, 1.807) is 55.1 Å². The number of amides is 2. The number of benzene rings is 1. The summed E-state index contributed by atoms with van der Waals surface area (Å²) < 4.78 is 27.2. The molecule has 2 fully saturated rings. The quantitative estimate of drug-likeness (QED) is 0.469. The van der Waals surface area contributed by atoms with Crippen molar-refractivity contribution in [3.63, 3.8) is 0 Å². The van der Waals surface area contributed by atoms with Gasteiger partial charge >= 0.3 is 0 Å². The standard InChI is InChI=1S/C28H33N5O5S/c1-19(2)26(35)23-15-22(16-29)27(30-24(23)17-33-12-6-9-25(33)34)32-13-10-21(11-14-32)28(36)31-39(37,38)18-20-7-4-3-5-8-20/h3-5,7-8,15,19,21H,6,9-14,17-18H2,1-2H3,(H,31,36). The highest BCUT2D eigenvalue weighted by Crippen LogP contribution is 2.29. The predicted molar refractivity (Wildman–Crippen MR) is 145 cm³/mol. The summed E-state index contributed by atoms with van der Waals surface area (Å²) in [5, 5.41) is 9.88. The number of anilines is 1. The Morgan fingerprint density at radius 2 is 1.85 bits per heavy atom. The van der Waals surface area contributed by atoms with Crippen molar-refractivity contribution in [2.45, 2.75) is 51.8 Å². The summed E-state index contributed by atoms with van der Waals surface area (Å²) in [4.78, 5) is 46.3. The number of nitrogens with one attached hydrogen (secondary N) is 1. The molecule has 2 aromatic rings. The number of nitriles is 1. The third kappa shape index (κ3) is 6.81. The number of carbonyl (C=O) groups is 3. The maximum atomic E-state index is 13.0. The Morgan fingerprint density at radius 3 is 2.44 bits per heavy atom. The molecule has 10 nitrogen and oxygen atoms in total.